The molecule has 2 aliphatic carbocycles. The van der Waals surface area contributed by atoms with Gasteiger partial charge in [0.2, 0.25) is 11.8 Å². The molecule has 3 heterocycles. The Kier molecular flexibility index (Phi) is 20.0. The lowest BCUT2D eigenvalue weighted by Crippen LogP contribution is -2.47. The van der Waals surface area contributed by atoms with E-state index in [-0.39, 0.29) is 69.6 Å². The highest BCUT2D eigenvalue weighted by Crippen LogP contribution is 2.44. The average Bonchev–Trinajstić information content (AvgIpc) is 3.31. The van der Waals surface area contributed by atoms with Crippen LogP contribution in [0.2, 0.25) is 35.7 Å². The molecule has 7 aromatic rings. The van der Waals surface area contributed by atoms with Crippen molar-refractivity contribution in [1.82, 2.24) is 29.7 Å². The monoisotopic (exact) mass is 1260 g/mol. The van der Waals surface area contributed by atoms with E-state index in [1.54, 1.807) is 43.3 Å². The number of aromatic nitrogens is 3. The standard InChI is InChI=1S/C67H79Cl2N7O9SSi/c1-67(2)30-29-50(57(39-67)46-15-21-51(68)22-16-46)42-74-31-33-75(34-32-74)52-23-28-56(62(37-52)85-61-10-8-9-60-58(61)41-71-76(60)44-83-35-36-87(5,6)7)65(78)73-86(79,80)55-38-59(69)66(70-40-55)84-43-45-11-13-49(14-12-45)64(77)72-63(47-17-24-53(81-3)25-18-47)48-19-26-54(82-4)27-20-48/h8-10,15-28,37-38,40-41,45,49,63H,11-14,29-36,39,42-44H2,1-7H3,(H,72,77)(H,73,78). The Morgan fingerprint density at radius 1 is 0.805 bits per heavy atom. The zero-order chi connectivity index (χ0) is 61.5. The van der Waals surface area contributed by atoms with Crippen molar-refractivity contribution in [3.8, 4) is 28.9 Å². The van der Waals surface area contributed by atoms with Crippen LogP contribution in [0.3, 0.4) is 0 Å². The van der Waals surface area contributed by atoms with Gasteiger partial charge in [0.05, 0.1) is 55.7 Å². The molecule has 1 aliphatic heterocycles. The SMILES string of the molecule is COc1ccc(C(NC(=O)C2CCC(COc3ncc(S(=O)(=O)NC(=O)c4ccc(N5CCN(CC6=C(c7ccc(Cl)cc7)CC(C)(C)CC6)CC5)cc4Oc4cccc5c4cnn5COCC[Si](C)(C)C)cc3Cl)CC2)c2ccc(OC)cc2)cc1. The van der Waals surface area contributed by atoms with Gasteiger partial charge in [-0.15, -0.1) is 0 Å². The zero-order valence-corrected chi connectivity index (χ0v) is 54.1. The van der Waals surface area contributed by atoms with E-state index in [4.69, 9.17) is 46.9 Å². The summed E-state index contributed by atoms with van der Waals surface area (Å²) in [6.45, 7) is 16.7. The second-order valence-electron chi connectivity index (χ2n) is 25.1. The van der Waals surface area contributed by atoms with Crippen LogP contribution in [0.4, 0.5) is 5.69 Å². The average molecular weight is 1260 g/mol. The maximum absolute atomic E-state index is 14.4. The second-order valence-corrected chi connectivity index (χ2v) is 33.2. The van der Waals surface area contributed by atoms with E-state index in [9.17, 15) is 18.0 Å². The van der Waals surface area contributed by atoms with Gasteiger partial charge < -0.3 is 33.9 Å². The minimum Gasteiger partial charge on any atom is -0.497 e. The van der Waals surface area contributed by atoms with E-state index in [0.717, 1.165) is 116 Å². The fourth-order valence-electron chi connectivity index (χ4n) is 11.7. The number of rotatable bonds is 23. The van der Waals surface area contributed by atoms with Gasteiger partial charge in [0.15, 0.2) is 0 Å². The van der Waals surface area contributed by atoms with Crippen molar-refractivity contribution in [2.24, 2.45) is 17.3 Å². The van der Waals surface area contributed by atoms with Gasteiger partial charge in [-0.05, 0) is 151 Å². The highest BCUT2D eigenvalue weighted by molar-refractivity contribution is 7.90. The predicted octanol–water partition coefficient (Wildman–Crippen LogP) is 13.9. The van der Waals surface area contributed by atoms with E-state index in [2.05, 4.69) is 75.5 Å². The number of amides is 2. The lowest BCUT2D eigenvalue weighted by molar-refractivity contribution is -0.126. The Morgan fingerprint density at radius 2 is 1.48 bits per heavy atom. The number of hydrogen-bond acceptors (Lipinski definition) is 13. The first kappa shape index (κ1) is 63.1. The summed E-state index contributed by atoms with van der Waals surface area (Å²) in [7, 11) is -2.59. The molecule has 0 spiro atoms. The number of pyridine rings is 1. The molecule has 2 N–H and O–H groups in total. The Balaban J connectivity index is 0.801. The van der Waals surface area contributed by atoms with Crippen LogP contribution < -0.4 is 33.9 Å². The van der Waals surface area contributed by atoms with Crippen LogP contribution in [0, 0.1) is 17.3 Å². The van der Waals surface area contributed by atoms with Crippen molar-refractivity contribution in [3.63, 3.8) is 0 Å². The molecule has 2 amide bonds. The molecule has 0 bridgehead atoms. The van der Waals surface area contributed by atoms with Crippen molar-refractivity contribution in [1.29, 1.82) is 0 Å². The topological polar surface area (TPSA) is 176 Å². The maximum atomic E-state index is 14.4. The molecular formula is C67H79Cl2N7O9SSi. The van der Waals surface area contributed by atoms with E-state index in [1.807, 2.05) is 78.9 Å². The summed E-state index contributed by atoms with van der Waals surface area (Å²) in [5.41, 5.74) is 7.79. The molecule has 1 saturated carbocycles. The van der Waals surface area contributed by atoms with Crippen LogP contribution in [-0.2, 0) is 26.3 Å². The van der Waals surface area contributed by atoms with Crippen molar-refractivity contribution in [2.75, 3.05) is 65.1 Å². The van der Waals surface area contributed by atoms with Crippen LogP contribution in [0.25, 0.3) is 16.5 Å². The molecule has 10 rings (SSSR count). The smallest absolute Gasteiger partial charge is 0.268 e. The van der Waals surface area contributed by atoms with Gasteiger partial charge in [0.1, 0.15) is 39.6 Å². The number of piperazine rings is 1. The summed E-state index contributed by atoms with van der Waals surface area (Å²) < 4.78 is 61.8. The summed E-state index contributed by atoms with van der Waals surface area (Å²) in [5, 5.41) is 9.32. The quantitative estimate of drug-likeness (QED) is 0.0458. The Morgan fingerprint density at radius 3 is 2.13 bits per heavy atom. The molecule has 0 unspecified atom stereocenters. The van der Waals surface area contributed by atoms with Crippen LogP contribution in [0.15, 0.2) is 138 Å². The number of nitrogens with zero attached hydrogens (tertiary/aromatic N) is 5. The number of hydrogen-bond donors (Lipinski definition) is 2. The number of halogens is 2. The largest absolute Gasteiger partial charge is 0.497 e. The van der Waals surface area contributed by atoms with E-state index in [0.29, 0.717) is 30.6 Å². The number of fused-ring (bicyclic) bond motifs is 1. The number of methoxy groups -OCH3 is 2. The van der Waals surface area contributed by atoms with Gasteiger partial charge in [-0.3, -0.25) is 14.5 Å². The van der Waals surface area contributed by atoms with Crippen LogP contribution in [0.5, 0.6) is 28.9 Å². The van der Waals surface area contributed by atoms with Crippen molar-refractivity contribution in [3.05, 3.63) is 166 Å². The molecule has 0 radical (unpaired) electrons. The predicted molar refractivity (Wildman–Crippen MR) is 346 cm³/mol. The first-order valence-corrected chi connectivity index (χ1v) is 35.9. The molecule has 460 valence electrons. The fraction of sp³-hybridized carbons (Fsp3) is 0.403. The number of carbonyl (C=O) groups is 2. The summed E-state index contributed by atoms with van der Waals surface area (Å²) in [6.07, 6.45) is 8.78. The minimum absolute atomic E-state index is 0.00225. The first-order valence-electron chi connectivity index (χ1n) is 29.9. The molecular weight excluding hydrogens is 1180 g/mol. The first-order chi connectivity index (χ1) is 41.7. The number of carbonyl (C=O) groups excluding carboxylic acids is 2. The van der Waals surface area contributed by atoms with Crippen molar-refractivity contribution in [2.45, 2.75) is 102 Å². The minimum atomic E-state index is -4.53. The van der Waals surface area contributed by atoms with Crippen LogP contribution in [-0.4, -0.2) is 108 Å². The van der Waals surface area contributed by atoms with Crippen molar-refractivity contribution < 1.29 is 41.7 Å². The molecule has 5 aromatic carbocycles. The Labute approximate surface area is 522 Å². The van der Waals surface area contributed by atoms with Gasteiger partial charge in [-0.25, -0.2) is 22.8 Å². The normalized spacial score (nSPS) is 17.5. The summed E-state index contributed by atoms with van der Waals surface area (Å²) in [6, 6.07) is 36.3. The summed E-state index contributed by atoms with van der Waals surface area (Å²) >= 11 is 13.0. The molecule has 3 aliphatic rings. The fourth-order valence-corrected chi connectivity index (χ4v) is 13.8. The number of nitrogens with one attached hydrogen (secondary N) is 2. The number of sulfonamides is 1. The highest BCUT2D eigenvalue weighted by Gasteiger charge is 2.32. The van der Waals surface area contributed by atoms with Gasteiger partial charge >= 0.3 is 0 Å². The van der Waals surface area contributed by atoms with Gasteiger partial charge in [-0.1, -0.05) is 105 Å². The van der Waals surface area contributed by atoms with Crippen LogP contribution >= 0.6 is 23.2 Å². The van der Waals surface area contributed by atoms with Gasteiger partial charge in [0, 0.05) is 70.1 Å². The van der Waals surface area contributed by atoms with Crippen molar-refractivity contribution >= 4 is 75.3 Å². The lowest BCUT2D eigenvalue weighted by atomic mass is 9.72. The third-order valence-corrected chi connectivity index (χ3v) is 20.5. The van der Waals surface area contributed by atoms with Gasteiger partial charge in [-0.2, -0.15) is 5.10 Å². The van der Waals surface area contributed by atoms with E-state index in [1.165, 1.54) is 22.8 Å². The van der Waals surface area contributed by atoms with E-state index < -0.39 is 24.0 Å². The lowest BCUT2D eigenvalue weighted by Gasteiger charge is -2.39. The number of anilines is 1. The Bertz CT molecular complexity index is 3640. The molecule has 20 heteroatoms. The van der Waals surface area contributed by atoms with E-state index >= 15 is 0 Å². The second kappa shape index (κ2) is 27.6. The molecule has 87 heavy (non-hydrogen) atoms. The number of allylic oxidation sites excluding steroid dienone is 1. The third-order valence-electron chi connectivity index (χ3n) is 17.0. The van der Waals surface area contributed by atoms with Crippen LogP contribution in [0.1, 0.15) is 91.9 Å². The zero-order valence-electron chi connectivity index (χ0n) is 50.7. The summed E-state index contributed by atoms with van der Waals surface area (Å²) in [4.78, 5) is 37.0. The number of ether oxygens (including phenoxy) is 5. The number of benzene rings is 5. The molecule has 2 aromatic heterocycles. The maximum Gasteiger partial charge on any atom is 0.268 e. The Hall–Kier alpha value is -6.93. The molecule has 0 atom stereocenters. The third kappa shape index (κ3) is 16.0. The van der Waals surface area contributed by atoms with Gasteiger partial charge in [0.25, 0.3) is 15.9 Å². The molecule has 16 nitrogen and oxygen atoms in total. The molecule has 1 saturated heterocycles. The highest BCUT2D eigenvalue weighted by atomic mass is 35.5. The summed E-state index contributed by atoms with van der Waals surface area (Å²) in [5.74, 6) is 1.08. The molecule has 2 fully saturated rings.